The molecule has 2 heterocycles. The lowest BCUT2D eigenvalue weighted by atomic mass is 10.2. The number of aryl methyl sites for hydroxylation is 1. The van der Waals surface area contributed by atoms with E-state index >= 15 is 0 Å². The molecule has 0 radical (unpaired) electrons. The van der Waals surface area contributed by atoms with E-state index in [1.807, 2.05) is 16.7 Å². The molecule has 0 unspecified atom stereocenters. The third-order valence-electron chi connectivity index (χ3n) is 3.86. The van der Waals surface area contributed by atoms with E-state index < -0.39 is 0 Å². The van der Waals surface area contributed by atoms with E-state index in [1.54, 1.807) is 14.2 Å². The minimum Gasteiger partial charge on any atom is -0.497 e. The van der Waals surface area contributed by atoms with Crippen LogP contribution in [0, 0.1) is 5.41 Å². The maximum Gasteiger partial charge on any atom is 0.148 e. The first-order chi connectivity index (χ1) is 9.74. The van der Waals surface area contributed by atoms with Crippen LogP contribution in [0.2, 0.25) is 0 Å². The van der Waals surface area contributed by atoms with E-state index in [-0.39, 0.29) is 0 Å². The molecule has 1 aromatic heterocycles. The van der Waals surface area contributed by atoms with Crippen molar-refractivity contribution in [3.63, 3.8) is 0 Å². The molecule has 0 amide bonds. The normalized spacial score (nSPS) is 14.7. The minimum absolute atomic E-state index is 0.504. The second-order valence-electron chi connectivity index (χ2n) is 5.06. The average Bonchev–Trinajstić information content (AvgIpc) is 2.72. The van der Waals surface area contributed by atoms with Crippen molar-refractivity contribution < 1.29 is 9.47 Å². The highest BCUT2D eigenvalue weighted by Gasteiger charge is 2.15. The SMILES string of the molecule is COc1cc(OC)c2nc3n(c(=N)c2c1)CCCCC3. The van der Waals surface area contributed by atoms with Crippen molar-refractivity contribution in [1.82, 2.24) is 9.55 Å². The van der Waals surface area contributed by atoms with Gasteiger partial charge in [0, 0.05) is 19.0 Å². The molecule has 0 atom stereocenters. The summed E-state index contributed by atoms with van der Waals surface area (Å²) in [6.45, 7) is 0.872. The number of benzene rings is 1. The predicted octanol–water partition coefficient (Wildman–Crippen LogP) is 2.26. The zero-order chi connectivity index (χ0) is 14.1. The van der Waals surface area contributed by atoms with Gasteiger partial charge in [0.05, 0.1) is 19.6 Å². The molecular weight excluding hydrogens is 254 g/mol. The smallest absolute Gasteiger partial charge is 0.148 e. The second kappa shape index (κ2) is 5.15. The molecule has 2 aromatic rings. The molecule has 1 aromatic carbocycles. The lowest BCUT2D eigenvalue weighted by Gasteiger charge is -2.14. The molecule has 5 nitrogen and oxygen atoms in total. The van der Waals surface area contributed by atoms with Crippen molar-refractivity contribution in [3.05, 3.63) is 23.4 Å². The molecule has 0 bridgehead atoms. The Labute approximate surface area is 117 Å². The summed E-state index contributed by atoms with van der Waals surface area (Å²) >= 11 is 0. The third-order valence-corrected chi connectivity index (χ3v) is 3.86. The Kier molecular flexibility index (Phi) is 3.34. The first-order valence-corrected chi connectivity index (χ1v) is 6.94. The maximum absolute atomic E-state index is 8.47. The summed E-state index contributed by atoms with van der Waals surface area (Å²) in [7, 11) is 3.24. The van der Waals surface area contributed by atoms with Crippen LogP contribution in [-0.2, 0) is 13.0 Å². The molecule has 1 aliphatic rings. The molecular formula is C15H19N3O2. The number of fused-ring (bicyclic) bond motifs is 2. The van der Waals surface area contributed by atoms with Crippen molar-refractivity contribution in [1.29, 1.82) is 5.41 Å². The summed E-state index contributed by atoms with van der Waals surface area (Å²) in [6.07, 6.45) is 4.37. The van der Waals surface area contributed by atoms with Gasteiger partial charge in [-0.05, 0) is 18.9 Å². The molecule has 0 saturated carbocycles. The van der Waals surface area contributed by atoms with Gasteiger partial charge in [0.25, 0.3) is 0 Å². The zero-order valence-electron chi connectivity index (χ0n) is 11.9. The average molecular weight is 273 g/mol. The van der Waals surface area contributed by atoms with E-state index in [0.29, 0.717) is 17.0 Å². The Morgan fingerprint density at radius 3 is 2.75 bits per heavy atom. The molecule has 1 N–H and O–H groups in total. The summed E-state index contributed by atoms with van der Waals surface area (Å²) in [4.78, 5) is 4.75. The molecule has 5 heteroatoms. The molecule has 0 aliphatic carbocycles. The van der Waals surface area contributed by atoms with Crippen molar-refractivity contribution in [3.8, 4) is 11.5 Å². The Morgan fingerprint density at radius 2 is 2.00 bits per heavy atom. The van der Waals surface area contributed by atoms with Gasteiger partial charge in [-0.2, -0.15) is 0 Å². The van der Waals surface area contributed by atoms with Crippen LogP contribution in [0.25, 0.3) is 10.9 Å². The Bertz CT molecular complexity index is 706. The molecule has 20 heavy (non-hydrogen) atoms. The van der Waals surface area contributed by atoms with E-state index in [1.165, 1.54) is 6.42 Å². The van der Waals surface area contributed by atoms with Crippen LogP contribution in [0.4, 0.5) is 0 Å². The summed E-state index contributed by atoms with van der Waals surface area (Å²) in [6, 6.07) is 3.69. The number of ether oxygens (including phenoxy) is 2. The molecule has 106 valence electrons. The Hall–Kier alpha value is -2.04. The van der Waals surface area contributed by atoms with Crippen molar-refractivity contribution in [2.24, 2.45) is 0 Å². The number of methoxy groups -OCH3 is 2. The van der Waals surface area contributed by atoms with E-state index in [0.717, 1.165) is 42.5 Å². The highest BCUT2D eigenvalue weighted by Crippen LogP contribution is 2.28. The van der Waals surface area contributed by atoms with Crippen molar-refractivity contribution >= 4 is 10.9 Å². The van der Waals surface area contributed by atoms with Crippen LogP contribution in [0.15, 0.2) is 12.1 Å². The predicted molar refractivity (Wildman–Crippen MR) is 76.2 cm³/mol. The number of hydrogen-bond acceptors (Lipinski definition) is 4. The van der Waals surface area contributed by atoms with Crippen LogP contribution < -0.4 is 15.0 Å². The van der Waals surface area contributed by atoms with Gasteiger partial charge in [0.2, 0.25) is 0 Å². The fourth-order valence-corrected chi connectivity index (χ4v) is 2.78. The monoisotopic (exact) mass is 273 g/mol. The van der Waals surface area contributed by atoms with Crippen LogP contribution in [0.3, 0.4) is 0 Å². The van der Waals surface area contributed by atoms with Crippen LogP contribution in [0.1, 0.15) is 25.1 Å². The number of nitrogens with one attached hydrogen (secondary N) is 1. The van der Waals surface area contributed by atoms with Gasteiger partial charge in [-0.15, -0.1) is 0 Å². The summed E-state index contributed by atoms with van der Waals surface area (Å²) < 4.78 is 12.7. The fraction of sp³-hybridized carbons (Fsp3) is 0.467. The van der Waals surface area contributed by atoms with Crippen LogP contribution in [-0.4, -0.2) is 23.8 Å². The molecule has 0 saturated heterocycles. The van der Waals surface area contributed by atoms with Gasteiger partial charge >= 0.3 is 0 Å². The molecule has 3 rings (SSSR count). The lowest BCUT2D eigenvalue weighted by molar-refractivity contribution is 0.397. The number of nitrogens with zero attached hydrogens (tertiary/aromatic N) is 2. The summed E-state index contributed by atoms with van der Waals surface area (Å²) in [5.41, 5.74) is 1.26. The van der Waals surface area contributed by atoms with Crippen molar-refractivity contribution in [2.45, 2.75) is 32.2 Å². The lowest BCUT2D eigenvalue weighted by Crippen LogP contribution is -2.25. The van der Waals surface area contributed by atoms with Crippen LogP contribution in [0.5, 0.6) is 11.5 Å². The van der Waals surface area contributed by atoms with Crippen LogP contribution >= 0.6 is 0 Å². The van der Waals surface area contributed by atoms with Crippen molar-refractivity contribution in [2.75, 3.05) is 14.2 Å². The van der Waals surface area contributed by atoms with Gasteiger partial charge in [-0.3, -0.25) is 5.41 Å². The number of rotatable bonds is 2. The van der Waals surface area contributed by atoms with Gasteiger partial charge in [-0.1, -0.05) is 6.42 Å². The maximum atomic E-state index is 8.47. The standard InChI is InChI=1S/C15H19N3O2/c1-19-10-8-11-14(12(9-10)20-2)17-13-6-4-3-5-7-18(13)15(11)16/h8-9,16H,3-7H2,1-2H3. The Balaban J connectivity index is 2.34. The minimum atomic E-state index is 0.504. The quantitative estimate of drug-likeness (QED) is 0.913. The molecule has 1 aliphatic heterocycles. The highest BCUT2D eigenvalue weighted by molar-refractivity contribution is 5.85. The first-order valence-electron chi connectivity index (χ1n) is 6.94. The van der Waals surface area contributed by atoms with Gasteiger partial charge in [0.1, 0.15) is 28.3 Å². The third kappa shape index (κ3) is 2.03. The van der Waals surface area contributed by atoms with E-state index in [4.69, 9.17) is 19.9 Å². The zero-order valence-corrected chi connectivity index (χ0v) is 11.9. The largest absolute Gasteiger partial charge is 0.497 e. The second-order valence-corrected chi connectivity index (χ2v) is 5.06. The van der Waals surface area contributed by atoms with Gasteiger partial charge < -0.3 is 14.0 Å². The van der Waals surface area contributed by atoms with E-state index in [9.17, 15) is 0 Å². The summed E-state index contributed by atoms with van der Waals surface area (Å²) in [5.74, 6) is 2.35. The first kappa shape index (κ1) is 13.0. The highest BCUT2D eigenvalue weighted by atomic mass is 16.5. The molecule has 0 spiro atoms. The fourth-order valence-electron chi connectivity index (χ4n) is 2.78. The number of hydrogen-bond donors (Lipinski definition) is 1. The topological polar surface area (TPSA) is 60.1 Å². The van der Waals surface area contributed by atoms with Gasteiger partial charge in [-0.25, -0.2) is 4.98 Å². The Morgan fingerprint density at radius 1 is 1.15 bits per heavy atom. The molecule has 0 fully saturated rings. The van der Waals surface area contributed by atoms with E-state index in [2.05, 4.69) is 0 Å². The van der Waals surface area contributed by atoms with Gasteiger partial charge in [0.15, 0.2) is 0 Å². The summed E-state index contributed by atoms with van der Waals surface area (Å²) in [5, 5.41) is 9.25. The number of aromatic nitrogens is 2.